The lowest BCUT2D eigenvalue weighted by atomic mass is 10.1. The smallest absolute Gasteiger partial charge is 0.251 e. The Kier molecular flexibility index (Phi) is 8.21. The number of hydrogen-bond donors (Lipinski definition) is 1. The molecule has 30 heavy (non-hydrogen) atoms. The maximum atomic E-state index is 12.4. The number of thioether (sulfide) groups is 1. The van der Waals surface area contributed by atoms with Gasteiger partial charge in [0.1, 0.15) is 0 Å². The summed E-state index contributed by atoms with van der Waals surface area (Å²) in [4.78, 5) is 13.6. The van der Waals surface area contributed by atoms with Gasteiger partial charge in [-0.1, -0.05) is 36.4 Å². The van der Waals surface area contributed by atoms with Crippen molar-refractivity contribution >= 4 is 17.7 Å². The van der Waals surface area contributed by atoms with Gasteiger partial charge < -0.3 is 14.8 Å². The van der Waals surface area contributed by atoms with E-state index >= 15 is 0 Å². The molecule has 0 unspecified atom stereocenters. The fourth-order valence-corrected chi connectivity index (χ4v) is 3.94. The standard InChI is InChI=1S/C25H27NO3S/c1-28-23-15-12-19(17-24(23)29-2)7-6-16-26-25(27)21-13-10-20(11-14-21)18-30-22-8-4-3-5-9-22/h3-5,8-15,17H,6-7,16,18H2,1-2H3,(H,26,27). The van der Waals surface area contributed by atoms with Crippen molar-refractivity contribution in [3.05, 3.63) is 89.5 Å². The zero-order valence-electron chi connectivity index (χ0n) is 17.4. The first kappa shape index (κ1) is 21.8. The largest absolute Gasteiger partial charge is 0.493 e. The molecule has 0 aliphatic heterocycles. The van der Waals surface area contributed by atoms with Gasteiger partial charge in [-0.25, -0.2) is 0 Å². The summed E-state index contributed by atoms with van der Waals surface area (Å²) in [6.45, 7) is 0.624. The molecule has 0 aliphatic rings. The SMILES string of the molecule is COc1ccc(CCCNC(=O)c2ccc(CSc3ccccc3)cc2)cc1OC. The van der Waals surface area contributed by atoms with Crippen molar-refractivity contribution in [1.82, 2.24) is 5.32 Å². The Morgan fingerprint density at radius 1 is 0.867 bits per heavy atom. The summed E-state index contributed by atoms with van der Waals surface area (Å²) in [5, 5.41) is 3.00. The predicted octanol–water partition coefficient (Wildman–Crippen LogP) is 5.36. The van der Waals surface area contributed by atoms with E-state index in [1.807, 2.05) is 60.7 Å². The lowest BCUT2D eigenvalue weighted by Gasteiger charge is -2.10. The summed E-state index contributed by atoms with van der Waals surface area (Å²) < 4.78 is 10.6. The molecule has 0 fully saturated rings. The third kappa shape index (κ3) is 6.29. The monoisotopic (exact) mass is 421 g/mol. The Bertz CT molecular complexity index is 942. The molecular formula is C25H27NO3S. The van der Waals surface area contributed by atoms with E-state index in [0.717, 1.165) is 35.7 Å². The highest BCUT2D eigenvalue weighted by Gasteiger charge is 2.07. The fraction of sp³-hybridized carbons (Fsp3) is 0.240. The molecule has 0 atom stereocenters. The maximum Gasteiger partial charge on any atom is 0.251 e. The molecule has 0 heterocycles. The number of rotatable bonds is 10. The number of carbonyl (C=O) groups excluding carboxylic acids is 1. The first-order valence-electron chi connectivity index (χ1n) is 9.95. The number of aryl methyl sites for hydroxylation is 1. The van der Waals surface area contributed by atoms with Gasteiger partial charge in [-0.15, -0.1) is 11.8 Å². The van der Waals surface area contributed by atoms with Crippen LogP contribution < -0.4 is 14.8 Å². The molecule has 0 saturated carbocycles. The highest BCUT2D eigenvalue weighted by Crippen LogP contribution is 2.28. The molecule has 1 amide bonds. The van der Waals surface area contributed by atoms with E-state index in [0.29, 0.717) is 12.1 Å². The van der Waals surface area contributed by atoms with Gasteiger partial charge in [0.25, 0.3) is 5.91 Å². The molecule has 4 nitrogen and oxygen atoms in total. The Morgan fingerprint density at radius 3 is 2.27 bits per heavy atom. The van der Waals surface area contributed by atoms with E-state index in [1.165, 1.54) is 10.5 Å². The first-order chi connectivity index (χ1) is 14.7. The Balaban J connectivity index is 1.42. The molecule has 3 aromatic rings. The average Bonchev–Trinajstić information content (AvgIpc) is 2.81. The summed E-state index contributed by atoms with van der Waals surface area (Å²) in [5.74, 6) is 2.30. The molecule has 0 radical (unpaired) electrons. The van der Waals surface area contributed by atoms with E-state index in [9.17, 15) is 4.79 Å². The van der Waals surface area contributed by atoms with Crippen molar-refractivity contribution in [2.45, 2.75) is 23.5 Å². The second-order valence-corrected chi connectivity index (χ2v) is 7.90. The fourth-order valence-electron chi connectivity index (χ4n) is 3.07. The molecule has 0 aromatic heterocycles. The van der Waals surface area contributed by atoms with E-state index in [2.05, 4.69) is 17.4 Å². The quantitative estimate of drug-likeness (QED) is 0.354. The van der Waals surface area contributed by atoms with Crippen molar-refractivity contribution in [2.75, 3.05) is 20.8 Å². The molecule has 5 heteroatoms. The lowest BCUT2D eigenvalue weighted by molar-refractivity contribution is 0.0953. The number of hydrogen-bond acceptors (Lipinski definition) is 4. The highest BCUT2D eigenvalue weighted by molar-refractivity contribution is 7.98. The van der Waals surface area contributed by atoms with Crippen LogP contribution in [0, 0.1) is 0 Å². The van der Waals surface area contributed by atoms with Gasteiger partial charge in [-0.05, 0) is 60.4 Å². The van der Waals surface area contributed by atoms with Gasteiger partial charge in [0.2, 0.25) is 0 Å². The van der Waals surface area contributed by atoms with Crippen LogP contribution in [0.2, 0.25) is 0 Å². The first-order valence-corrected chi connectivity index (χ1v) is 10.9. The Hall–Kier alpha value is -2.92. The number of benzene rings is 3. The van der Waals surface area contributed by atoms with Crippen LogP contribution in [-0.4, -0.2) is 26.7 Å². The van der Waals surface area contributed by atoms with Crippen LogP contribution in [0.4, 0.5) is 0 Å². The molecule has 0 saturated heterocycles. The third-order valence-electron chi connectivity index (χ3n) is 4.74. The Morgan fingerprint density at radius 2 is 1.57 bits per heavy atom. The lowest BCUT2D eigenvalue weighted by Crippen LogP contribution is -2.24. The predicted molar refractivity (Wildman–Crippen MR) is 123 cm³/mol. The van der Waals surface area contributed by atoms with Crippen LogP contribution in [0.5, 0.6) is 11.5 Å². The van der Waals surface area contributed by atoms with Gasteiger partial charge in [0.05, 0.1) is 14.2 Å². The van der Waals surface area contributed by atoms with Crippen molar-refractivity contribution in [2.24, 2.45) is 0 Å². The minimum atomic E-state index is -0.0374. The van der Waals surface area contributed by atoms with Crippen LogP contribution in [0.1, 0.15) is 27.9 Å². The molecule has 0 bridgehead atoms. The van der Waals surface area contributed by atoms with E-state index in [-0.39, 0.29) is 5.91 Å². The van der Waals surface area contributed by atoms with Gasteiger partial charge in [-0.3, -0.25) is 4.79 Å². The number of ether oxygens (including phenoxy) is 2. The number of carbonyl (C=O) groups is 1. The number of nitrogens with one attached hydrogen (secondary N) is 1. The highest BCUT2D eigenvalue weighted by atomic mass is 32.2. The van der Waals surface area contributed by atoms with Crippen LogP contribution in [0.3, 0.4) is 0 Å². The van der Waals surface area contributed by atoms with Crippen LogP contribution in [0.15, 0.2) is 77.7 Å². The second-order valence-electron chi connectivity index (χ2n) is 6.85. The zero-order chi connectivity index (χ0) is 21.2. The van der Waals surface area contributed by atoms with Crippen LogP contribution >= 0.6 is 11.8 Å². The van der Waals surface area contributed by atoms with Crippen molar-refractivity contribution in [3.8, 4) is 11.5 Å². The summed E-state index contributed by atoms with van der Waals surface area (Å²) in [6, 6.07) is 24.1. The molecule has 0 spiro atoms. The number of amides is 1. The average molecular weight is 422 g/mol. The van der Waals surface area contributed by atoms with Gasteiger partial charge in [0, 0.05) is 22.8 Å². The zero-order valence-corrected chi connectivity index (χ0v) is 18.2. The summed E-state index contributed by atoms with van der Waals surface area (Å²) >= 11 is 1.79. The minimum Gasteiger partial charge on any atom is -0.493 e. The minimum absolute atomic E-state index is 0.0374. The normalized spacial score (nSPS) is 10.5. The molecule has 3 rings (SSSR count). The van der Waals surface area contributed by atoms with Gasteiger partial charge in [-0.2, -0.15) is 0 Å². The molecule has 0 aliphatic carbocycles. The molecule has 1 N–H and O–H groups in total. The van der Waals surface area contributed by atoms with E-state index in [4.69, 9.17) is 9.47 Å². The van der Waals surface area contributed by atoms with Gasteiger partial charge >= 0.3 is 0 Å². The molecule has 3 aromatic carbocycles. The summed E-state index contributed by atoms with van der Waals surface area (Å²) in [5.41, 5.74) is 3.05. The molecular weight excluding hydrogens is 394 g/mol. The summed E-state index contributed by atoms with van der Waals surface area (Å²) in [6.07, 6.45) is 1.71. The number of methoxy groups -OCH3 is 2. The maximum absolute atomic E-state index is 12.4. The summed E-state index contributed by atoms with van der Waals surface area (Å²) in [7, 11) is 3.26. The second kappa shape index (κ2) is 11.3. The van der Waals surface area contributed by atoms with Crippen molar-refractivity contribution in [3.63, 3.8) is 0 Å². The Labute approximate surface area is 182 Å². The topological polar surface area (TPSA) is 47.6 Å². The van der Waals surface area contributed by atoms with Gasteiger partial charge in [0.15, 0.2) is 11.5 Å². The van der Waals surface area contributed by atoms with E-state index < -0.39 is 0 Å². The van der Waals surface area contributed by atoms with Crippen LogP contribution in [0.25, 0.3) is 0 Å². The van der Waals surface area contributed by atoms with Crippen LogP contribution in [-0.2, 0) is 12.2 Å². The van der Waals surface area contributed by atoms with Crippen molar-refractivity contribution in [1.29, 1.82) is 0 Å². The van der Waals surface area contributed by atoms with Crippen molar-refractivity contribution < 1.29 is 14.3 Å². The van der Waals surface area contributed by atoms with E-state index in [1.54, 1.807) is 26.0 Å². The third-order valence-corrected chi connectivity index (χ3v) is 5.82. The molecule has 156 valence electrons.